The molecule has 0 radical (unpaired) electrons. The standard InChI is InChI=1S/C11H19N3O2S/c1-6(2)5-8-12-11(17-14-8)13-9(7(3)4)10(15)16/h6-7,9H,5H2,1-4H3,(H,15,16)(H,12,13,14)/t9-/m0/s1. The van der Waals surface area contributed by atoms with Gasteiger partial charge in [0.15, 0.2) is 0 Å². The van der Waals surface area contributed by atoms with E-state index in [2.05, 4.69) is 28.5 Å². The maximum Gasteiger partial charge on any atom is 0.326 e. The van der Waals surface area contributed by atoms with E-state index in [9.17, 15) is 4.79 Å². The Kier molecular flexibility index (Phi) is 4.86. The molecule has 1 atom stereocenters. The molecule has 0 saturated carbocycles. The van der Waals surface area contributed by atoms with Crippen LogP contribution in [0.4, 0.5) is 5.13 Å². The predicted molar refractivity (Wildman–Crippen MR) is 68.3 cm³/mol. The van der Waals surface area contributed by atoms with Gasteiger partial charge in [0.2, 0.25) is 5.13 Å². The highest BCUT2D eigenvalue weighted by Gasteiger charge is 2.22. The Balaban J connectivity index is 2.67. The quantitative estimate of drug-likeness (QED) is 0.817. The number of rotatable bonds is 6. The van der Waals surface area contributed by atoms with Crippen molar-refractivity contribution in [3.8, 4) is 0 Å². The fourth-order valence-corrected chi connectivity index (χ4v) is 2.04. The maximum absolute atomic E-state index is 11.0. The molecule has 0 fully saturated rings. The zero-order valence-electron chi connectivity index (χ0n) is 10.6. The Morgan fingerprint density at radius 3 is 2.53 bits per heavy atom. The van der Waals surface area contributed by atoms with Crippen LogP contribution in [0.3, 0.4) is 0 Å². The first-order valence-electron chi connectivity index (χ1n) is 5.72. The molecule has 96 valence electrons. The molecule has 1 aromatic rings. The predicted octanol–water partition coefficient (Wildman–Crippen LogP) is 2.26. The Morgan fingerprint density at radius 1 is 1.41 bits per heavy atom. The third kappa shape index (κ3) is 4.30. The van der Waals surface area contributed by atoms with Gasteiger partial charge in [-0.1, -0.05) is 27.7 Å². The van der Waals surface area contributed by atoms with E-state index in [1.807, 2.05) is 13.8 Å². The van der Waals surface area contributed by atoms with E-state index in [-0.39, 0.29) is 5.92 Å². The molecule has 0 aliphatic rings. The van der Waals surface area contributed by atoms with E-state index in [0.717, 1.165) is 12.2 Å². The Labute approximate surface area is 105 Å². The highest BCUT2D eigenvalue weighted by atomic mass is 32.1. The number of anilines is 1. The second kappa shape index (κ2) is 5.95. The van der Waals surface area contributed by atoms with Crippen LogP contribution in [0.5, 0.6) is 0 Å². The zero-order valence-corrected chi connectivity index (χ0v) is 11.4. The molecule has 5 nitrogen and oxygen atoms in total. The molecule has 0 aliphatic carbocycles. The van der Waals surface area contributed by atoms with Gasteiger partial charge >= 0.3 is 5.97 Å². The van der Waals surface area contributed by atoms with Crippen molar-refractivity contribution in [3.63, 3.8) is 0 Å². The maximum atomic E-state index is 11.0. The van der Waals surface area contributed by atoms with Crippen molar-refractivity contribution >= 4 is 22.6 Å². The third-order valence-electron chi connectivity index (χ3n) is 2.27. The van der Waals surface area contributed by atoms with Gasteiger partial charge in [0.25, 0.3) is 0 Å². The van der Waals surface area contributed by atoms with Crippen LogP contribution < -0.4 is 5.32 Å². The van der Waals surface area contributed by atoms with Crippen molar-refractivity contribution < 1.29 is 9.90 Å². The van der Waals surface area contributed by atoms with E-state index < -0.39 is 12.0 Å². The van der Waals surface area contributed by atoms with E-state index in [1.165, 1.54) is 11.5 Å². The fraction of sp³-hybridized carbons (Fsp3) is 0.727. The molecule has 1 rings (SSSR count). The lowest BCUT2D eigenvalue weighted by atomic mass is 10.1. The van der Waals surface area contributed by atoms with Crippen molar-refractivity contribution in [2.45, 2.75) is 40.2 Å². The van der Waals surface area contributed by atoms with Gasteiger partial charge in [0, 0.05) is 18.0 Å². The summed E-state index contributed by atoms with van der Waals surface area (Å²) >= 11 is 1.22. The molecular weight excluding hydrogens is 238 g/mol. The SMILES string of the molecule is CC(C)Cc1nsc(N[C@H](C(=O)O)C(C)C)n1. The number of carbonyl (C=O) groups is 1. The number of carboxylic acid groups (broad SMARTS) is 1. The molecule has 0 aliphatic heterocycles. The summed E-state index contributed by atoms with van der Waals surface area (Å²) in [6.45, 7) is 7.92. The van der Waals surface area contributed by atoms with Gasteiger partial charge in [0.1, 0.15) is 11.9 Å². The van der Waals surface area contributed by atoms with Gasteiger partial charge in [-0.25, -0.2) is 9.78 Å². The minimum absolute atomic E-state index is 0.00458. The van der Waals surface area contributed by atoms with Crippen molar-refractivity contribution in [1.82, 2.24) is 9.36 Å². The summed E-state index contributed by atoms with van der Waals surface area (Å²) in [5.41, 5.74) is 0. The van der Waals surface area contributed by atoms with Crippen LogP contribution in [0, 0.1) is 11.8 Å². The van der Waals surface area contributed by atoms with Gasteiger partial charge in [-0.15, -0.1) is 0 Å². The summed E-state index contributed by atoms with van der Waals surface area (Å²) in [6, 6.07) is -0.616. The van der Waals surface area contributed by atoms with Crippen LogP contribution in [0.2, 0.25) is 0 Å². The number of hydrogen-bond acceptors (Lipinski definition) is 5. The van der Waals surface area contributed by atoms with Gasteiger partial charge in [-0.05, 0) is 11.8 Å². The third-order valence-corrected chi connectivity index (χ3v) is 2.95. The van der Waals surface area contributed by atoms with Crippen molar-refractivity contribution in [2.75, 3.05) is 5.32 Å². The minimum atomic E-state index is -0.861. The van der Waals surface area contributed by atoms with Crippen LogP contribution in [0.1, 0.15) is 33.5 Å². The lowest BCUT2D eigenvalue weighted by Crippen LogP contribution is -2.34. The average molecular weight is 257 g/mol. The molecule has 0 bridgehead atoms. The van der Waals surface area contributed by atoms with E-state index in [4.69, 9.17) is 5.11 Å². The van der Waals surface area contributed by atoms with Crippen LogP contribution in [-0.4, -0.2) is 26.5 Å². The van der Waals surface area contributed by atoms with E-state index in [1.54, 1.807) is 0 Å². The van der Waals surface area contributed by atoms with Crippen LogP contribution in [0.15, 0.2) is 0 Å². The highest BCUT2D eigenvalue weighted by Crippen LogP contribution is 2.17. The monoisotopic (exact) mass is 257 g/mol. The summed E-state index contributed by atoms with van der Waals surface area (Å²) < 4.78 is 4.20. The van der Waals surface area contributed by atoms with Crippen LogP contribution in [0.25, 0.3) is 0 Å². The van der Waals surface area contributed by atoms with Gasteiger partial charge in [0.05, 0.1) is 0 Å². The molecule has 0 spiro atoms. The normalized spacial score (nSPS) is 13.1. The van der Waals surface area contributed by atoms with Crippen molar-refractivity contribution in [2.24, 2.45) is 11.8 Å². The first-order chi connectivity index (χ1) is 7.90. The van der Waals surface area contributed by atoms with Gasteiger partial charge in [-0.3, -0.25) is 0 Å². The summed E-state index contributed by atoms with van der Waals surface area (Å²) in [5.74, 6) is 0.420. The molecule has 0 aromatic carbocycles. The van der Waals surface area contributed by atoms with E-state index >= 15 is 0 Å². The molecule has 0 saturated heterocycles. The summed E-state index contributed by atoms with van der Waals surface area (Å²) in [6.07, 6.45) is 0.817. The Hall–Kier alpha value is -1.17. The molecular formula is C11H19N3O2S. The summed E-state index contributed by atoms with van der Waals surface area (Å²) in [7, 11) is 0. The largest absolute Gasteiger partial charge is 0.480 e. The highest BCUT2D eigenvalue weighted by molar-refractivity contribution is 7.09. The second-order valence-electron chi connectivity index (χ2n) is 4.82. The van der Waals surface area contributed by atoms with Crippen LogP contribution in [-0.2, 0) is 11.2 Å². The molecule has 6 heteroatoms. The van der Waals surface area contributed by atoms with E-state index in [0.29, 0.717) is 11.0 Å². The minimum Gasteiger partial charge on any atom is -0.480 e. The number of aromatic nitrogens is 2. The first kappa shape index (κ1) is 13.9. The number of carboxylic acids is 1. The number of nitrogens with one attached hydrogen (secondary N) is 1. The molecule has 17 heavy (non-hydrogen) atoms. The first-order valence-corrected chi connectivity index (χ1v) is 6.49. The second-order valence-corrected chi connectivity index (χ2v) is 5.57. The zero-order chi connectivity index (χ0) is 13.0. The van der Waals surface area contributed by atoms with Crippen molar-refractivity contribution in [1.29, 1.82) is 0 Å². The number of hydrogen-bond donors (Lipinski definition) is 2. The average Bonchev–Trinajstić information content (AvgIpc) is 2.59. The van der Waals surface area contributed by atoms with Crippen LogP contribution >= 0.6 is 11.5 Å². The molecule has 2 N–H and O–H groups in total. The molecule has 0 amide bonds. The summed E-state index contributed by atoms with van der Waals surface area (Å²) in [5, 5.41) is 12.6. The molecule has 1 aromatic heterocycles. The number of aliphatic carboxylic acids is 1. The van der Waals surface area contributed by atoms with Crippen molar-refractivity contribution in [3.05, 3.63) is 5.82 Å². The number of nitrogens with zero attached hydrogens (tertiary/aromatic N) is 2. The lowest BCUT2D eigenvalue weighted by molar-refractivity contribution is -0.138. The molecule has 0 unspecified atom stereocenters. The topological polar surface area (TPSA) is 75.1 Å². The van der Waals surface area contributed by atoms with Gasteiger partial charge < -0.3 is 10.4 Å². The fourth-order valence-electron chi connectivity index (χ4n) is 1.41. The smallest absolute Gasteiger partial charge is 0.326 e. The Morgan fingerprint density at radius 2 is 2.06 bits per heavy atom. The summed E-state index contributed by atoms with van der Waals surface area (Å²) in [4.78, 5) is 15.3. The van der Waals surface area contributed by atoms with Gasteiger partial charge in [-0.2, -0.15) is 4.37 Å². The Bertz CT molecular complexity index is 377. The molecule has 1 heterocycles. The lowest BCUT2D eigenvalue weighted by Gasteiger charge is -2.16.